The molecule has 2 heterocycles. The van der Waals surface area contributed by atoms with Crippen LogP contribution in [0.25, 0.3) is 0 Å². The van der Waals surface area contributed by atoms with E-state index >= 15 is 0 Å². The van der Waals surface area contributed by atoms with Gasteiger partial charge in [0.2, 0.25) is 5.91 Å². The summed E-state index contributed by atoms with van der Waals surface area (Å²) >= 11 is 1.58. The molecule has 1 atom stereocenters. The molecule has 3 rings (SSSR count). The molecule has 24 heavy (non-hydrogen) atoms. The zero-order valence-electron chi connectivity index (χ0n) is 13.9. The van der Waals surface area contributed by atoms with Crippen LogP contribution in [0.15, 0.2) is 35.7 Å². The number of hydrogen-bond acceptors (Lipinski definition) is 5. The Morgan fingerprint density at radius 2 is 1.96 bits per heavy atom. The maximum Gasteiger partial charge on any atom is 0.228 e. The third-order valence-electron chi connectivity index (χ3n) is 4.34. The second kappa shape index (κ2) is 7.88. The molecule has 6 heteroatoms. The second-order valence-electron chi connectivity index (χ2n) is 6.14. The van der Waals surface area contributed by atoms with E-state index in [4.69, 9.17) is 0 Å². The van der Waals surface area contributed by atoms with Crippen molar-refractivity contribution in [3.05, 3.63) is 52.0 Å². The van der Waals surface area contributed by atoms with Gasteiger partial charge in [-0.3, -0.25) is 9.69 Å². The monoisotopic (exact) mass is 345 g/mol. The highest BCUT2D eigenvalue weighted by Crippen LogP contribution is 2.15. The largest absolute Gasteiger partial charge is 0.387 e. The van der Waals surface area contributed by atoms with Crippen molar-refractivity contribution in [2.24, 2.45) is 0 Å². The van der Waals surface area contributed by atoms with Gasteiger partial charge in [-0.15, -0.1) is 11.3 Å². The van der Waals surface area contributed by atoms with E-state index in [2.05, 4.69) is 9.88 Å². The van der Waals surface area contributed by atoms with Crippen molar-refractivity contribution in [1.29, 1.82) is 0 Å². The molecule has 1 N–H and O–H groups in total. The Morgan fingerprint density at radius 1 is 1.25 bits per heavy atom. The maximum atomic E-state index is 12.3. The van der Waals surface area contributed by atoms with Crippen molar-refractivity contribution in [2.45, 2.75) is 19.4 Å². The standard InChI is InChI=1S/C18H23N3O2S/c1-14-19-16(13-24-14)11-18(23)21-9-7-20(8-10-21)12-17(22)15-5-3-2-4-6-15/h2-6,13,17,22H,7-12H2,1H3/t17-/m0/s1. The topological polar surface area (TPSA) is 56.7 Å². The van der Waals surface area contributed by atoms with Gasteiger partial charge < -0.3 is 10.0 Å². The molecular weight excluding hydrogens is 322 g/mol. The highest BCUT2D eigenvalue weighted by atomic mass is 32.1. The summed E-state index contributed by atoms with van der Waals surface area (Å²) in [5, 5.41) is 13.3. The predicted octanol–water partition coefficient (Wildman–Crippen LogP) is 1.87. The number of amides is 1. The van der Waals surface area contributed by atoms with Crippen LogP contribution in [-0.4, -0.2) is 58.5 Å². The van der Waals surface area contributed by atoms with Gasteiger partial charge in [0.1, 0.15) is 0 Å². The van der Waals surface area contributed by atoms with Crippen LogP contribution < -0.4 is 0 Å². The number of aliphatic hydroxyl groups excluding tert-OH is 1. The fraction of sp³-hybridized carbons (Fsp3) is 0.444. The lowest BCUT2D eigenvalue weighted by atomic mass is 10.1. The molecule has 1 aliphatic rings. The third-order valence-corrected chi connectivity index (χ3v) is 5.16. The van der Waals surface area contributed by atoms with Crippen LogP contribution in [0.4, 0.5) is 0 Å². The number of thiazole rings is 1. The summed E-state index contributed by atoms with van der Waals surface area (Å²) in [6.45, 7) is 5.58. The number of rotatable bonds is 5. The van der Waals surface area contributed by atoms with Crippen molar-refractivity contribution < 1.29 is 9.90 Å². The van der Waals surface area contributed by atoms with Crippen LogP contribution in [0.5, 0.6) is 0 Å². The number of piperazine rings is 1. The number of carbonyl (C=O) groups is 1. The van der Waals surface area contributed by atoms with E-state index in [0.29, 0.717) is 26.1 Å². The average Bonchev–Trinajstić information content (AvgIpc) is 3.01. The summed E-state index contributed by atoms with van der Waals surface area (Å²) in [5.41, 5.74) is 1.80. The van der Waals surface area contributed by atoms with E-state index in [1.807, 2.05) is 47.5 Å². The number of nitrogens with zero attached hydrogens (tertiary/aromatic N) is 3. The number of aliphatic hydroxyl groups is 1. The molecule has 0 unspecified atom stereocenters. The molecule has 2 aromatic rings. The molecule has 0 radical (unpaired) electrons. The average molecular weight is 345 g/mol. The predicted molar refractivity (Wildman–Crippen MR) is 95.0 cm³/mol. The van der Waals surface area contributed by atoms with E-state index < -0.39 is 6.10 Å². The van der Waals surface area contributed by atoms with Crippen molar-refractivity contribution >= 4 is 17.2 Å². The van der Waals surface area contributed by atoms with Crippen LogP contribution >= 0.6 is 11.3 Å². The molecule has 1 amide bonds. The summed E-state index contributed by atoms with van der Waals surface area (Å²) in [5.74, 6) is 0.142. The molecule has 128 valence electrons. The Kier molecular flexibility index (Phi) is 5.60. The minimum Gasteiger partial charge on any atom is -0.387 e. The zero-order valence-corrected chi connectivity index (χ0v) is 14.7. The van der Waals surface area contributed by atoms with Gasteiger partial charge >= 0.3 is 0 Å². The van der Waals surface area contributed by atoms with E-state index in [9.17, 15) is 9.90 Å². The summed E-state index contributed by atoms with van der Waals surface area (Å²) < 4.78 is 0. The quantitative estimate of drug-likeness (QED) is 0.899. The molecule has 1 aromatic carbocycles. The Bertz CT molecular complexity index is 666. The smallest absolute Gasteiger partial charge is 0.228 e. The molecular formula is C18H23N3O2S. The van der Waals surface area contributed by atoms with E-state index in [1.54, 1.807) is 11.3 Å². The van der Waals surface area contributed by atoms with Crippen LogP contribution in [-0.2, 0) is 11.2 Å². The molecule has 1 saturated heterocycles. The zero-order chi connectivity index (χ0) is 16.9. The van der Waals surface area contributed by atoms with Gasteiger partial charge in [0.05, 0.1) is 23.2 Å². The summed E-state index contributed by atoms with van der Waals surface area (Å²) in [4.78, 5) is 20.8. The first-order chi connectivity index (χ1) is 11.6. The summed E-state index contributed by atoms with van der Waals surface area (Å²) in [7, 11) is 0. The van der Waals surface area contributed by atoms with Crippen LogP contribution in [0.3, 0.4) is 0 Å². The molecule has 0 spiro atoms. The van der Waals surface area contributed by atoms with Gasteiger partial charge in [-0.25, -0.2) is 4.98 Å². The Labute approximate surface area is 146 Å². The number of aromatic nitrogens is 1. The fourth-order valence-electron chi connectivity index (χ4n) is 2.96. The fourth-order valence-corrected chi connectivity index (χ4v) is 3.57. The highest BCUT2D eigenvalue weighted by Gasteiger charge is 2.23. The normalized spacial score (nSPS) is 17.0. The van der Waals surface area contributed by atoms with Crippen molar-refractivity contribution in [2.75, 3.05) is 32.7 Å². The van der Waals surface area contributed by atoms with E-state index in [-0.39, 0.29) is 5.91 Å². The molecule has 0 bridgehead atoms. The minimum atomic E-state index is -0.480. The first kappa shape index (κ1) is 17.1. The van der Waals surface area contributed by atoms with Crippen LogP contribution in [0, 0.1) is 6.92 Å². The third kappa shape index (κ3) is 4.41. The SMILES string of the molecule is Cc1nc(CC(=O)N2CCN(C[C@H](O)c3ccccc3)CC2)cs1. The van der Waals surface area contributed by atoms with Gasteiger partial charge in [-0.1, -0.05) is 30.3 Å². The number of hydrogen-bond donors (Lipinski definition) is 1. The minimum absolute atomic E-state index is 0.142. The first-order valence-corrected chi connectivity index (χ1v) is 9.14. The van der Waals surface area contributed by atoms with Gasteiger partial charge in [0.15, 0.2) is 0 Å². The highest BCUT2D eigenvalue weighted by molar-refractivity contribution is 7.09. The lowest BCUT2D eigenvalue weighted by Gasteiger charge is -2.35. The molecule has 1 aromatic heterocycles. The lowest BCUT2D eigenvalue weighted by Crippen LogP contribution is -2.50. The van der Waals surface area contributed by atoms with E-state index in [0.717, 1.165) is 29.4 Å². The lowest BCUT2D eigenvalue weighted by molar-refractivity contribution is -0.132. The number of aryl methyl sites for hydroxylation is 1. The summed E-state index contributed by atoms with van der Waals surface area (Å²) in [6.07, 6.45) is -0.0943. The van der Waals surface area contributed by atoms with Crippen molar-refractivity contribution in [3.8, 4) is 0 Å². The van der Waals surface area contributed by atoms with Gasteiger partial charge in [-0.05, 0) is 12.5 Å². The van der Waals surface area contributed by atoms with Crippen molar-refractivity contribution in [1.82, 2.24) is 14.8 Å². The molecule has 1 fully saturated rings. The molecule has 0 saturated carbocycles. The molecule has 0 aliphatic carbocycles. The molecule has 5 nitrogen and oxygen atoms in total. The van der Waals surface area contributed by atoms with E-state index in [1.165, 1.54) is 0 Å². The Hall–Kier alpha value is -1.76. The van der Waals surface area contributed by atoms with Crippen LogP contribution in [0.1, 0.15) is 22.4 Å². The first-order valence-electron chi connectivity index (χ1n) is 8.26. The number of β-amino-alcohol motifs (C(OH)–C–C–N with tert-alkyl or cyclic N) is 1. The Morgan fingerprint density at radius 3 is 2.58 bits per heavy atom. The van der Waals surface area contributed by atoms with Crippen LogP contribution in [0.2, 0.25) is 0 Å². The number of carbonyl (C=O) groups excluding carboxylic acids is 1. The maximum absolute atomic E-state index is 12.3. The second-order valence-corrected chi connectivity index (χ2v) is 7.20. The summed E-state index contributed by atoms with van der Waals surface area (Å²) in [6, 6.07) is 9.72. The van der Waals surface area contributed by atoms with Gasteiger partial charge in [0.25, 0.3) is 0 Å². The molecule has 1 aliphatic heterocycles. The van der Waals surface area contributed by atoms with Gasteiger partial charge in [0, 0.05) is 38.1 Å². The number of benzene rings is 1. The Balaban J connectivity index is 1.46. The van der Waals surface area contributed by atoms with Crippen molar-refractivity contribution in [3.63, 3.8) is 0 Å². The van der Waals surface area contributed by atoms with Gasteiger partial charge in [-0.2, -0.15) is 0 Å².